The lowest BCUT2D eigenvalue weighted by Crippen LogP contribution is -2.36. The Kier molecular flexibility index (Phi) is 20.0. The highest BCUT2D eigenvalue weighted by Gasteiger charge is 2.42. The van der Waals surface area contributed by atoms with E-state index in [1.165, 1.54) is 12.0 Å². The van der Waals surface area contributed by atoms with Gasteiger partial charge in [0.15, 0.2) is 0 Å². The van der Waals surface area contributed by atoms with Crippen molar-refractivity contribution < 1.29 is 56.8 Å². The van der Waals surface area contributed by atoms with Crippen LogP contribution in [0.2, 0.25) is 5.02 Å². The molecule has 2 aromatic heterocycles. The number of likely N-dealkylation sites (tertiary alicyclic amines) is 2. The second kappa shape index (κ2) is 27.0. The highest BCUT2D eigenvalue weighted by molar-refractivity contribution is 6.30. The molecule has 2 fully saturated rings. The number of carbonyl (C=O) groups is 4. The molecule has 5 aromatic carbocycles. The molecule has 9 rings (SSSR count). The van der Waals surface area contributed by atoms with Crippen LogP contribution in [0.4, 0.5) is 9.59 Å². The van der Waals surface area contributed by atoms with Crippen LogP contribution in [0.15, 0.2) is 142 Å². The number of methoxy groups -OCH3 is 1. The molecule has 0 saturated carbocycles. The standard InChI is InChI=1S/C31H29ClN2O6.C30H36N2O6.CH4/c1-20-28(33-29(39-20)22-7-3-2-4-8-22)14-15-38-26-9-5-6-21(17-26)16-23-18-34(19-27(23)30(35)36)31(37)40-25-12-10-24(32)11-13-25;1-20-26(31-27(37-20)22-11-7-6-8-12-22)14-15-36-24-13-9-10-21(17-24)16-23-18-32(19-25(23)28(33)35-5)29(34)38-30(2,3)4;/h2-13,17,23,27H,14-16,18-19H2,1H3,(H,35,36);6-13,17,23,25H,14-16,18-19H2,1-5H3;1H4/t23-,27+;23-,25+;/m11./s1. The van der Waals surface area contributed by atoms with Gasteiger partial charge in [0.05, 0.1) is 43.5 Å². The van der Waals surface area contributed by atoms with Crippen LogP contribution >= 0.6 is 11.6 Å². The van der Waals surface area contributed by atoms with Crippen molar-refractivity contribution in [3.05, 3.63) is 173 Å². The van der Waals surface area contributed by atoms with Crippen molar-refractivity contribution in [1.82, 2.24) is 19.8 Å². The number of aliphatic carboxylic acids is 1. The lowest BCUT2D eigenvalue weighted by atomic mass is 9.89. The van der Waals surface area contributed by atoms with E-state index in [1.807, 2.05) is 144 Å². The van der Waals surface area contributed by atoms with Crippen molar-refractivity contribution in [2.24, 2.45) is 23.7 Å². The maximum atomic E-state index is 12.7. The number of hydrogen-bond donors (Lipinski definition) is 1. The quantitative estimate of drug-likeness (QED) is 0.0846. The second-order valence-corrected chi connectivity index (χ2v) is 20.8. The predicted molar refractivity (Wildman–Crippen MR) is 299 cm³/mol. The average molecular weight is 1100 g/mol. The largest absolute Gasteiger partial charge is 0.493 e. The molecule has 17 heteroatoms. The maximum absolute atomic E-state index is 12.7. The third-order valence-corrected chi connectivity index (χ3v) is 13.7. The number of carbonyl (C=O) groups excluding carboxylic acids is 3. The number of ether oxygens (including phenoxy) is 5. The minimum Gasteiger partial charge on any atom is -0.493 e. The number of aromatic nitrogens is 2. The van der Waals surface area contributed by atoms with E-state index in [1.54, 1.807) is 29.2 Å². The topological polar surface area (TPSA) is 193 Å². The number of benzene rings is 5. The molecule has 16 nitrogen and oxygen atoms in total. The van der Waals surface area contributed by atoms with Crippen molar-refractivity contribution in [3.8, 4) is 40.2 Å². The zero-order valence-corrected chi connectivity index (χ0v) is 45.4. The van der Waals surface area contributed by atoms with Crippen LogP contribution in [0.3, 0.4) is 0 Å². The van der Waals surface area contributed by atoms with E-state index in [0.717, 1.165) is 50.9 Å². The number of halogens is 1. The van der Waals surface area contributed by atoms with Crippen LogP contribution in [0.5, 0.6) is 17.2 Å². The first kappa shape index (κ1) is 58.6. The molecule has 0 unspecified atom stereocenters. The average Bonchev–Trinajstić information content (AvgIpc) is 4.25. The first-order valence-corrected chi connectivity index (χ1v) is 26.3. The highest BCUT2D eigenvalue weighted by Crippen LogP contribution is 2.32. The van der Waals surface area contributed by atoms with Crippen LogP contribution < -0.4 is 14.2 Å². The normalized spacial score (nSPS) is 16.7. The molecular weight excluding hydrogens is 1030 g/mol. The third kappa shape index (κ3) is 16.2. The Balaban J connectivity index is 0.000000226. The predicted octanol–water partition coefficient (Wildman–Crippen LogP) is 12.4. The Labute approximate surface area is 466 Å². The highest BCUT2D eigenvalue weighted by atomic mass is 35.5. The van der Waals surface area contributed by atoms with Crippen LogP contribution in [-0.2, 0) is 44.7 Å². The number of nitrogens with zero attached hydrogens (tertiary/aromatic N) is 4. The fraction of sp³-hybridized carbons (Fsp3) is 0.355. The van der Waals surface area contributed by atoms with Gasteiger partial charge in [-0.1, -0.05) is 79.7 Å². The van der Waals surface area contributed by atoms with Gasteiger partial charge in [-0.15, -0.1) is 0 Å². The third-order valence-electron chi connectivity index (χ3n) is 13.5. The van der Waals surface area contributed by atoms with Gasteiger partial charge in [-0.3, -0.25) is 9.59 Å². The SMILES string of the molecule is C.COC(=O)[C@H]1CN(C(=O)OC(C)(C)C)C[C@H]1Cc1cccc(OCCc2nc(-c3ccccc3)oc2C)c1.Cc1oc(-c2ccccc2)nc1CCOc1cccc(C[C@@H]2CN(C(=O)Oc3ccc(Cl)cc3)C[C@@H]2C(=O)O)c1. The van der Waals surface area contributed by atoms with Crippen molar-refractivity contribution in [1.29, 1.82) is 0 Å². The first-order chi connectivity index (χ1) is 37.5. The number of carboxylic acids is 1. The van der Waals surface area contributed by atoms with Crippen LogP contribution in [0, 0.1) is 37.5 Å². The van der Waals surface area contributed by atoms with Crippen LogP contribution in [0.1, 0.15) is 62.2 Å². The molecule has 79 heavy (non-hydrogen) atoms. The number of esters is 1. The summed E-state index contributed by atoms with van der Waals surface area (Å²) in [4.78, 5) is 62.1. The summed E-state index contributed by atoms with van der Waals surface area (Å²) in [7, 11) is 1.38. The Bertz CT molecular complexity index is 3140. The van der Waals surface area contributed by atoms with E-state index in [-0.39, 0.29) is 44.9 Å². The second-order valence-electron chi connectivity index (χ2n) is 20.4. The van der Waals surface area contributed by atoms with E-state index in [9.17, 15) is 24.3 Å². The van der Waals surface area contributed by atoms with Gasteiger partial charge in [0.2, 0.25) is 11.8 Å². The van der Waals surface area contributed by atoms with Crippen molar-refractivity contribution in [2.45, 2.75) is 73.3 Å². The molecule has 0 spiro atoms. The Morgan fingerprint density at radius 3 is 1.56 bits per heavy atom. The van der Waals surface area contributed by atoms with Crippen LogP contribution in [0.25, 0.3) is 22.9 Å². The zero-order valence-electron chi connectivity index (χ0n) is 44.7. The molecule has 0 bridgehead atoms. The van der Waals surface area contributed by atoms with Gasteiger partial charge in [-0.25, -0.2) is 19.6 Å². The molecule has 0 aliphatic carbocycles. The molecule has 1 N–H and O–H groups in total. The van der Waals surface area contributed by atoms with Crippen LogP contribution in [-0.4, -0.2) is 101 Å². The molecule has 2 aliphatic rings. The molecule has 7 aromatic rings. The van der Waals surface area contributed by atoms with E-state index in [2.05, 4.69) is 9.97 Å². The minimum atomic E-state index is -0.933. The van der Waals surface area contributed by atoms with Gasteiger partial charge in [0, 0.05) is 55.2 Å². The van der Waals surface area contributed by atoms with Gasteiger partial charge in [0.25, 0.3) is 0 Å². The summed E-state index contributed by atoms with van der Waals surface area (Å²) < 4.78 is 39.7. The maximum Gasteiger partial charge on any atom is 0.415 e. The van der Waals surface area contributed by atoms with Crippen molar-refractivity contribution in [3.63, 3.8) is 0 Å². The number of oxazole rings is 2. The molecule has 2 aliphatic heterocycles. The number of rotatable bonds is 17. The Hall–Kier alpha value is -8.11. The minimum absolute atomic E-state index is 0. The zero-order chi connectivity index (χ0) is 55.3. The Morgan fingerprint density at radius 1 is 0.620 bits per heavy atom. The number of carboxylic acid groups (broad SMARTS) is 1. The molecule has 416 valence electrons. The van der Waals surface area contributed by atoms with Gasteiger partial charge >= 0.3 is 24.1 Å². The fourth-order valence-corrected chi connectivity index (χ4v) is 9.66. The lowest BCUT2D eigenvalue weighted by molar-refractivity contribution is -0.146. The number of aryl methyl sites for hydroxylation is 2. The number of amides is 2. The van der Waals surface area contributed by atoms with Gasteiger partial charge in [-0.05, 0) is 143 Å². The fourth-order valence-electron chi connectivity index (χ4n) is 9.54. The van der Waals surface area contributed by atoms with Gasteiger partial charge < -0.3 is 47.4 Å². The lowest BCUT2D eigenvalue weighted by Gasteiger charge is -2.24. The van der Waals surface area contributed by atoms with Crippen molar-refractivity contribution >= 4 is 35.7 Å². The molecule has 2 amide bonds. The summed E-state index contributed by atoms with van der Waals surface area (Å²) >= 11 is 5.89. The molecular formula is C62H69ClN4O12. The van der Waals surface area contributed by atoms with Crippen molar-refractivity contribution in [2.75, 3.05) is 46.5 Å². The smallest absolute Gasteiger partial charge is 0.415 e. The summed E-state index contributed by atoms with van der Waals surface area (Å²) in [6.07, 6.45) is 1.31. The summed E-state index contributed by atoms with van der Waals surface area (Å²) in [5.41, 5.74) is 4.94. The molecule has 4 atom stereocenters. The van der Waals surface area contributed by atoms with E-state index in [0.29, 0.717) is 73.7 Å². The number of hydrogen-bond acceptors (Lipinski definition) is 13. The summed E-state index contributed by atoms with van der Waals surface area (Å²) in [5.74, 6) is 1.82. The van der Waals surface area contributed by atoms with E-state index in [4.69, 9.17) is 44.1 Å². The van der Waals surface area contributed by atoms with Gasteiger partial charge in [-0.2, -0.15) is 0 Å². The molecule has 0 radical (unpaired) electrons. The van der Waals surface area contributed by atoms with E-state index >= 15 is 0 Å². The molecule has 2 saturated heterocycles. The van der Waals surface area contributed by atoms with Gasteiger partial charge in [0.1, 0.15) is 34.4 Å². The summed E-state index contributed by atoms with van der Waals surface area (Å²) in [6, 6.07) is 41.5. The Morgan fingerprint density at radius 2 is 1.09 bits per heavy atom. The van der Waals surface area contributed by atoms with E-state index < -0.39 is 35.6 Å². The summed E-state index contributed by atoms with van der Waals surface area (Å²) in [5, 5.41) is 10.4. The first-order valence-electron chi connectivity index (χ1n) is 26.0. The summed E-state index contributed by atoms with van der Waals surface area (Å²) in [6.45, 7) is 11.2. The molecule has 4 heterocycles. The monoisotopic (exact) mass is 1100 g/mol.